The van der Waals surface area contributed by atoms with Crippen LogP contribution in [-0.4, -0.2) is 62.5 Å². The highest BCUT2D eigenvalue weighted by molar-refractivity contribution is 5.19. The molecule has 2 aliphatic heterocycles. The van der Waals surface area contributed by atoms with Crippen molar-refractivity contribution in [2.45, 2.75) is 51.0 Å². The molecule has 1 aromatic carbocycles. The van der Waals surface area contributed by atoms with E-state index in [-0.39, 0.29) is 6.10 Å². The Labute approximate surface area is 161 Å². The lowest BCUT2D eigenvalue weighted by atomic mass is 9.99. The van der Waals surface area contributed by atoms with Crippen LogP contribution in [0.25, 0.3) is 0 Å². The zero-order valence-corrected chi connectivity index (χ0v) is 16.2. The number of aromatic nitrogens is 2. The molecular weight excluding hydrogens is 336 g/mol. The summed E-state index contributed by atoms with van der Waals surface area (Å²) in [6, 6.07) is 11.7. The molecule has 1 N–H and O–H groups in total. The van der Waals surface area contributed by atoms with E-state index in [0.717, 1.165) is 45.6 Å². The summed E-state index contributed by atoms with van der Waals surface area (Å²) in [5.74, 6) is 0. The zero-order valence-electron chi connectivity index (χ0n) is 16.2. The average Bonchev–Trinajstić information content (AvgIpc) is 3.19. The minimum atomic E-state index is -0.176. The molecule has 5 nitrogen and oxygen atoms in total. The minimum absolute atomic E-state index is 0.176. The van der Waals surface area contributed by atoms with Gasteiger partial charge in [0.25, 0.3) is 0 Å². The van der Waals surface area contributed by atoms with Crippen LogP contribution in [-0.2, 0) is 19.5 Å². The van der Waals surface area contributed by atoms with Crippen LogP contribution < -0.4 is 0 Å². The van der Waals surface area contributed by atoms with Gasteiger partial charge in [0.1, 0.15) is 0 Å². The molecule has 2 fully saturated rings. The molecule has 0 saturated carbocycles. The van der Waals surface area contributed by atoms with E-state index >= 15 is 0 Å². The Hall–Kier alpha value is -1.95. The Morgan fingerprint density at radius 1 is 1.22 bits per heavy atom. The predicted octanol–water partition coefficient (Wildman–Crippen LogP) is 2.24. The molecule has 144 valence electrons. The summed E-state index contributed by atoms with van der Waals surface area (Å²) >= 11 is 0. The van der Waals surface area contributed by atoms with E-state index in [0.29, 0.717) is 12.1 Å². The zero-order chi connectivity index (χ0) is 18.8. The molecule has 2 aromatic rings. The van der Waals surface area contributed by atoms with E-state index in [1.165, 1.54) is 16.8 Å². The van der Waals surface area contributed by atoms with Crippen LogP contribution in [0.5, 0.6) is 0 Å². The number of rotatable bonds is 6. The summed E-state index contributed by atoms with van der Waals surface area (Å²) in [7, 11) is 0. The Morgan fingerprint density at radius 3 is 2.81 bits per heavy atom. The van der Waals surface area contributed by atoms with Gasteiger partial charge in [-0.15, -0.1) is 6.58 Å². The normalized spacial score (nSPS) is 26.2. The summed E-state index contributed by atoms with van der Waals surface area (Å²) in [6.07, 6.45) is 5.66. The second-order valence-corrected chi connectivity index (χ2v) is 8.00. The van der Waals surface area contributed by atoms with Gasteiger partial charge in [0.05, 0.1) is 18.8 Å². The highest BCUT2D eigenvalue weighted by atomic mass is 16.3. The lowest BCUT2D eigenvalue weighted by Crippen LogP contribution is -2.56. The average molecular weight is 367 g/mol. The van der Waals surface area contributed by atoms with Gasteiger partial charge in [-0.25, -0.2) is 0 Å². The van der Waals surface area contributed by atoms with Gasteiger partial charge >= 0.3 is 0 Å². The van der Waals surface area contributed by atoms with E-state index in [1.807, 2.05) is 17.0 Å². The Morgan fingerprint density at radius 2 is 2.04 bits per heavy atom. The maximum Gasteiger partial charge on any atom is 0.0682 e. The third-order valence-corrected chi connectivity index (χ3v) is 6.11. The smallest absolute Gasteiger partial charge is 0.0682 e. The Kier molecular flexibility index (Phi) is 5.43. The number of hydrogen-bond acceptors (Lipinski definition) is 4. The first-order chi connectivity index (χ1) is 13.1. The van der Waals surface area contributed by atoms with Crippen molar-refractivity contribution >= 4 is 0 Å². The highest BCUT2D eigenvalue weighted by Gasteiger charge is 2.39. The van der Waals surface area contributed by atoms with Crippen molar-refractivity contribution in [3.05, 3.63) is 66.0 Å². The molecule has 4 rings (SSSR count). The molecule has 1 aromatic heterocycles. The molecule has 2 aliphatic rings. The van der Waals surface area contributed by atoms with Crippen molar-refractivity contribution < 1.29 is 5.11 Å². The molecule has 3 heterocycles. The van der Waals surface area contributed by atoms with Crippen LogP contribution in [0.4, 0.5) is 0 Å². The summed E-state index contributed by atoms with van der Waals surface area (Å²) < 4.78 is 2.02. The number of aliphatic hydroxyl groups is 1. The third-order valence-electron chi connectivity index (χ3n) is 6.11. The molecule has 3 atom stereocenters. The van der Waals surface area contributed by atoms with Crippen molar-refractivity contribution in [3.63, 3.8) is 0 Å². The maximum atomic E-state index is 10.1. The molecule has 0 unspecified atom stereocenters. The predicted molar refractivity (Wildman–Crippen MR) is 107 cm³/mol. The van der Waals surface area contributed by atoms with Crippen LogP contribution in [0, 0.1) is 6.92 Å². The first kappa shape index (κ1) is 18.4. The van der Waals surface area contributed by atoms with Gasteiger partial charge in [0, 0.05) is 49.5 Å². The second kappa shape index (κ2) is 7.97. The van der Waals surface area contributed by atoms with Crippen molar-refractivity contribution in [1.29, 1.82) is 0 Å². The molecule has 27 heavy (non-hydrogen) atoms. The Balaban J connectivity index is 1.54. The topological polar surface area (TPSA) is 44.5 Å². The number of hydrogen-bond donors (Lipinski definition) is 1. The second-order valence-electron chi connectivity index (χ2n) is 8.00. The van der Waals surface area contributed by atoms with Crippen molar-refractivity contribution in [3.8, 4) is 0 Å². The molecule has 0 aliphatic carbocycles. The number of aliphatic hydroxyl groups excluding tert-OH is 1. The number of piperazine rings is 1. The number of benzene rings is 1. The van der Waals surface area contributed by atoms with Crippen molar-refractivity contribution in [2.75, 3.05) is 19.6 Å². The van der Waals surface area contributed by atoms with Crippen LogP contribution in [0.1, 0.15) is 23.2 Å². The summed E-state index contributed by atoms with van der Waals surface area (Å²) in [5.41, 5.74) is 3.90. The fourth-order valence-corrected chi connectivity index (χ4v) is 4.62. The minimum Gasteiger partial charge on any atom is -0.392 e. The van der Waals surface area contributed by atoms with E-state index in [2.05, 4.69) is 58.7 Å². The van der Waals surface area contributed by atoms with E-state index in [1.54, 1.807) is 0 Å². The van der Waals surface area contributed by atoms with Gasteiger partial charge < -0.3 is 5.11 Å². The molecule has 0 spiro atoms. The standard InChI is InChI=1S/C22H30N4O/c1-3-9-26-17(2)19(12-23-26)13-24-15-21-11-22(27)16-25(21)14-20(24)10-18-7-5-4-6-8-18/h3-8,12,20-22,27H,1,9-11,13-16H2,2H3/t20-,21+,22-/m1/s1. The molecule has 0 amide bonds. The van der Waals surface area contributed by atoms with Crippen molar-refractivity contribution in [2.24, 2.45) is 0 Å². The van der Waals surface area contributed by atoms with Crippen LogP contribution in [0.3, 0.4) is 0 Å². The van der Waals surface area contributed by atoms with Crippen LogP contribution in [0.15, 0.2) is 49.2 Å². The van der Waals surface area contributed by atoms with Gasteiger partial charge in [0.2, 0.25) is 0 Å². The fraction of sp³-hybridized carbons (Fsp3) is 0.500. The lowest BCUT2D eigenvalue weighted by molar-refractivity contribution is 0.0443. The molecule has 0 radical (unpaired) electrons. The van der Waals surface area contributed by atoms with E-state index < -0.39 is 0 Å². The monoisotopic (exact) mass is 366 g/mol. The van der Waals surface area contributed by atoms with Gasteiger partial charge in [-0.2, -0.15) is 5.10 Å². The lowest BCUT2D eigenvalue weighted by Gasteiger charge is -2.43. The fourth-order valence-electron chi connectivity index (χ4n) is 4.62. The SMILES string of the molecule is C=CCn1ncc(CN2C[C@@H]3C[C@@H](O)CN3C[C@H]2Cc2ccccc2)c1C. The summed E-state index contributed by atoms with van der Waals surface area (Å²) in [5, 5.41) is 14.7. The molecule has 0 bridgehead atoms. The molecular formula is C22H30N4O. The van der Waals surface area contributed by atoms with Gasteiger partial charge in [0.15, 0.2) is 0 Å². The van der Waals surface area contributed by atoms with E-state index in [9.17, 15) is 5.11 Å². The first-order valence-electron chi connectivity index (χ1n) is 9.96. The van der Waals surface area contributed by atoms with Crippen molar-refractivity contribution in [1.82, 2.24) is 19.6 Å². The quantitative estimate of drug-likeness (QED) is 0.797. The Bertz CT molecular complexity index is 772. The van der Waals surface area contributed by atoms with E-state index in [4.69, 9.17) is 0 Å². The number of fused-ring (bicyclic) bond motifs is 1. The van der Waals surface area contributed by atoms with Gasteiger partial charge in [-0.3, -0.25) is 14.5 Å². The first-order valence-corrected chi connectivity index (χ1v) is 9.96. The molecule has 2 saturated heterocycles. The highest BCUT2D eigenvalue weighted by Crippen LogP contribution is 2.28. The summed E-state index contributed by atoms with van der Waals surface area (Å²) in [4.78, 5) is 5.09. The number of allylic oxidation sites excluding steroid dienone is 1. The summed E-state index contributed by atoms with van der Waals surface area (Å²) in [6.45, 7) is 10.5. The van der Waals surface area contributed by atoms with Gasteiger partial charge in [-0.1, -0.05) is 36.4 Å². The maximum absolute atomic E-state index is 10.1. The molecule has 5 heteroatoms. The number of nitrogens with zero attached hydrogens (tertiary/aromatic N) is 4. The third kappa shape index (κ3) is 4.00. The largest absolute Gasteiger partial charge is 0.392 e. The van der Waals surface area contributed by atoms with Crippen LogP contribution >= 0.6 is 0 Å². The van der Waals surface area contributed by atoms with Crippen LogP contribution in [0.2, 0.25) is 0 Å². The van der Waals surface area contributed by atoms with Gasteiger partial charge in [-0.05, 0) is 25.3 Å².